The molecule has 3 unspecified atom stereocenters. The number of para-hydroxylation sites is 1. The van der Waals surface area contributed by atoms with Gasteiger partial charge in [0, 0.05) is 41.7 Å². The summed E-state index contributed by atoms with van der Waals surface area (Å²) in [6, 6.07) is 9.59. The number of ether oxygens (including phenoxy) is 1. The molecule has 1 aromatic carbocycles. The highest BCUT2D eigenvalue weighted by atomic mass is 35.5. The average Bonchev–Trinajstić information content (AvgIpc) is 2.66. The van der Waals surface area contributed by atoms with Crippen molar-refractivity contribution in [2.24, 2.45) is 0 Å². The van der Waals surface area contributed by atoms with Gasteiger partial charge in [-0.1, -0.05) is 18.2 Å². The third-order valence-corrected chi connectivity index (χ3v) is 5.61. The molecule has 3 atom stereocenters. The number of esters is 1. The lowest BCUT2D eigenvalue weighted by Gasteiger charge is -2.46. The first-order valence-electron chi connectivity index (χ1n) is 9.25. The molecule has 2 aliphatic heterocycles. The number of hydrogen-bond donors (Lipinski definition) is 0. The van der Waals surface area contributed by atoms with Gasteiger partial charge < -0.3 is 9.64 Å². The predicted octanol–water partition coefficient (Wildman–Crippen LogP) is 3.91. The summed E-state index contributed by atoms with van der Waals surface area (Å²) in [4.78, 5) is 26.8. The van der Waals surface area contributed by atoms with Crippen LogP contribution in [0, 0.1) is 0 Å². The molecule has 28 heavy (non-hydrogen) atoms. The third kappa shape index (κ3) is 3.90. The topological polar surface area (TPSA) is 49.9 Å². The molecule has 0 aromatic heterocycles. The fraction of sp³-hybridized carbons (Fsp3) is 0.400. The highest BCUT2D eigenvalue weighted by Crippen LogP contribution is 2.37. The fourth-order valence-corrected chi connectivity index (χ4v) is 4.18. The van der Waals surface area contributed by atoms with Gasteiger partial charge in [0.15, 0.2) is 17.5 Å². The van der Waals surface area contributed by atoms with E-state index in [0.717, 1.165) is 24.1 Å². The normalized spacial score (nSPS) is 25.8. The maximum atomic E-state index is 13.0. The lowest BCUT2D eigenvalue weighted by Crippen LogP contribution is -2.58. The van der Waals surface area contributed by atoms with E-state index in [0.29, 0.717) is 0 Å². The smallest absolute Gasteiger partial charge is 0.345 e. The Morgan fingerprint density at radius 3 is 2.68 bits per heavy atom. The van der Waals surface area contributed by atoms with Crippen molar-refractivity contribution < 1.29 is 14.3 Å². The summed E-state index contributed by atoms with van der Waals surface area (Å²) in [5.74, 6) is -1.04. The van der Waals surface area contributed by atoms with Crippen LogP contribution < -0.4 is 4.00 Å². The Balaban J connectivity index is 1.99. The standard InChI is InChI=1S/C20H24Cl2N3O3/c1-4-28-20(27)17-12-23(21)18-15(11-10-14(2)24(18)19(17)26)13-25(3,22)16-8-6-5-7-9-16/h5-9,12-14,18H,4,10-11H2,1-3H3/q+1. The Labute approximate surface area is 175 Å². The van der Waals surface area contributed by atoms with Crippen molar-refractivity contribution in [1.82, 2.24) is 13.3 Å². The second-order valence-electron chi connectivity index (χ2n) is 7.08. The van der Waals surface area contributed by atoms with Gasteiger partial charge in [-0.25, -0.2) is 4.79 Å². The van der Waals surface area contributed by atoms with Gasteiger partial charge in [0.25, 0.3) is 5.91 Å². The van der Waals surface area contributed by atoms with Crippen LogP contribution in [0.3, 0.4) is 0 Å². The maximum absolute atomic E-state index is 13.0. The molecule has 0 N–H and O–H groups in total. The van der Waals surface area contributed by atoms with Crippen molar-refractivity contribution in [3.05, 3.63) is 53.9 Å². The number of benzene rings is 1. The van der Waals surface area contributed by atoms with Crippen molar-refractivity contribution in [3.8, 4) is 0 Å². The second kappa shape index (κ2) is 8.15. The summed E-state index contributed by atoms with van der Waals surface area (Å²) < 4.78 is 6.38. The molecule has 150 valence electrons. The number of amides is 1. The van der Waals surface area contributed by atoms with Crippen LogP contribution in [0.1, 0.15) is 26.7 Å². The molecule has 2 aliphatic rings. The summed E-state index contributed by atoms with van der Waals surface area (Å²) in [7, 11) is 1.86. The van der Waals surface area contributed by atoms with Crippen molar-refractivity contribution in [2.75, 3.05) is 13.7 Å². The maximum Gasteiger partial charge on any atom is 0.345 e. The number of hydrogen-bond acceptors (Lipinski definition) is 4. The van der Waals surface area contributed by atoms with Gasteiger partial charge >= 0.3 is 5.97 Å². The summed E-state index contributed by atoms with van der Waals surface area (Å²) in [6.07, 6.45) is 4.26. The van der Waals surface area contributed by atoms with Crippen molar-refractivity contribution in [1.29, 1.82) is 0 Å². The zero-order valence-corrected chi connectivity index (χ0v) is 17.7. The molecule has 6 nitrogen and oxygen atoms in total. The van der Waals surface area contributed by atoms with E-state index < -0.39 is 12.1 Å². The summed E-state index contributed by atoms with van der Waals surface area (Å²) in [5, 5.41) is 0. The number of halogens is 2. The van der Waals surface area contributed by atoms with E-state index >= 15 is 0 Å². The minimum Gasteiger partial charge on any atom is -0.462 e. The molecule has 0 bridgehead atoms. The number of carbonyl (C=O) groups is 2. The number of nitrogens with zero attached hydrogens (tertiary/aromatic N) is 3. The minimum absolute atomic E-state index is 0.00224. The fourth-order valence-electron chi connectivity index (χ4n) is 3.63. The van der Waals surface area contributed by atoms with Gasteiger partial charge in [-0.05, 0) is 26.7 Å². The van der Waals surface area contributed by atoms with Gasteiger partial charge in [0.1, 0.15) is 17.9 Å². The minimum atomic E-state index is -0.665. The molecular formula is C20H24Cl2N3O3+. The van der Waals surface area contributed by atoms with Crippen LogP contribution in [-0.2, 0) is 14.3 Å². The summed E-state index contributed by atoms with van der Waals surface area (Å²) in [6.45, 7) is 3.83. The molecule has 0 aliphatic carbocycles. The predicted molar refractivity (Wildman–Crippen MR) is 110 cm³/mol. The van der Waals surface area contributed by atoms with Crippen LogP contribution in [0.5, 0.6) is 0 Å². The van der Waals surface area contributed by atoms with E-state index in [1.165, 1.54) is 10.6 Å². The Kier molecular flexibility index (Phi) is 6.03. The van der Waals surface area contributed by atoms with Gasteiger partial charge in [0.2, 0.25) is 0 Å². The van der Waals surface area contributed by atoms with Crippen LogP contribution in [0.4, 0.5) is 5.69 Å². The monoisotopic (exact) mass is 424 g/mol. The summed E-state index contributed by atoms with van der Waals surface area (Å²) >= 11 is 13.3. The van der Waals surface area contributed by atoms with E-state index in [-0.39, 0.29) is 28.1 Å². The summed E-state index contributed by atoms with van der Waals surface area (Å²) in [5.41, 5.74) is 1.75. The first kappa shape index (κ1) is 20.7. The van der Waals surface area contributed by atoms with Gasteiger partial charge in [0.05, 0.1) is 13.7 Å². The molecule has 8 heteroatoms. The molecule has 1 aromatic rings. The molecule has 2 heterocycles. The van der Waals surface area contributed by atoms with E-state index in [4.69, 9.17) is 28.3 Å². The van der Waals surface area contributed by atoms with Gasteiger partial charge in [-0.3, -0.25) is 9.21 Å². The molecule has 0 saturated carbocycles. The third-order valence-electron chi connectivity index (χ3n) is 5.04. The quantitative estimate of drug-likeness (QED) is 0.417. The van der Waals surface area contributed by atoms with E-state index in [1.54, 1.807) is 11.8 Å². The zero-order chi connectivity index (χ0) is 20.5. The van der Waals surface area contributed by atoms with E-state index in [2.05, 4.69) is 0 Å². The van der Waals surface area contributed by atoms with E-state index in [9.17, 15) is 9.59 Å². The number of piperidine rings is 1. The highest BCUT2D eigenvalue weighted by Gasteiger charge is 2.45. The SMILES string of the molecule is CCOC(=O)C1=CN(Cl)C2C(=C[N+](C)(Cl)c3ccccc3)CCC(C)N2C1=O. The number of fused-ring (bicyclic) bond motifs is 1. The van der Waals surface area contributed by atoms with Crippen molar-refractivity contribution >= 4 is 41.1 Å². The van der Waals surface area contributed by atoms with Crippen LogP contribution in [0.15, 0.2) is 53.9 Å². The Morgan fingerprint density at radius 1 is 1.36 bits per heavy atom. The number of quaternary nitrogens is 1. The molecule has 1 saturated heterocycles. The molecule has 0 radical (unpaired) electrons. The molecule has 0 spiro atoms. The van der Waals surface area contributed by atoms with Crippen LogP contribution in [0.2, 0.25) is 0 Å². The molecular weight excluding hydrogens is 401 g/mol. The Hall–Kier alpha value is -2.02. The first-order chi connectivity index (χ1) is 13.3. The molecule has 3 rings (SSSR count). The molecule has 1 fully saturated rings. The number of carbonyl (C=O) groups excluding carboxylic acids is 2. The first-order valence-corrected chi connectivity index (χ1v) is 9.92. The van der Waals surface area contributed by atoms with E-state index in [1.807, 2.05) is 50.5 Å². The average molecular weight is 425 g/mol. The largest absolute Gasteiger partial charge is 0.462 e. The zero-order valence-electron chi connectivity index (χ0n) is 16.1. The van der Waals surface area contributed by atoms with Crippen molar-refractivity contribution in [3.63, 3.8) is 0 Å². The lowest BCUT2D eigenvalue weighted by atomic mass is 9.93. The lowest BCUT2D eigenvalue weighted by molar-refractivity contribution is -0.145. The van der Waals surface area contributed by atoms with Gasteiger partial charge in [-0.2, -0.15) is 4.00 Å². The highest BCUT2D eigenvalue weighted by molar-refractivity contribution is 6.22. The number of rotatable bonds is 4. The van der Waals surface area contributed by atoms with Crippen LogP contribution >= 0.6 is 23.6 Å². The Morgan fingerprint density at radius 2 is 2.04 bits per heavy atom. The van der Waals surface area contributed by atoms with Crippen LogP contribution in [0.25, 0.3) is 0 Å². The van der Waals surface area contributed by atoms with Gasteiger partial charge in [-0.15, -0.1) is 0 Å². The molecule has 1 amide bonds. The van der Waals surface area contributed by atoms with Crippen LogP contribution in [-0.4, -0.2) is 47.1 Å². The second-order valence-corrected chi connectivity index (χ2v) is 8.18. The van der Waals surface area contributed by atoms with Crippen molar-refractivity contribution in [2.45, 2.75) is 38.9 Å². The Bertz CT molecular complexity index is 823.